The van der Waals surface area contributed by atoms with Crippen LogP contribution in [0.15, 0.2) is 0 Å². The summed E-state index contributed by atoms with van der Waals surface area (Å²) in [4.78, 5) is 55.9. The monoisotopic (exact) mass is 633 g/mol. The third-order valence-electron chi connectivity index (χ3n) is 6.92. The maximum atomic E-state index is 11.4. The van der Waals surface area contributed by atoms with Crippen LogP contribution in [-0.2, 0) is 23.9 Å². The molecule has 6 N–H and O–H groups in total. The summed E-state index contributed by atoms with van der Waals surface area (Å²) in [5, 5.41) is 39.6. The fraction of sp³-hybridized carbons (Fsp3) is 0.833. The maximum Gasteiger partial charge on any atom is 0.407 e. The van der Waals surface area contributed by atoms with Crippen molar-refractivity contribution in [3.8, 4) is 0 Å². The molecular formula is C30H55N3O11. The van der Waals surface area contributed by atoms with Crippen LogP contribution in [0.1, 0.15) is 92.9 Å². The van der Waals surface area contributed by atoms with Gasteiger partial charge in [-0.25, -0.2) is 9.59 Å². The molecule has 2 fully saturated rings. The molecule has 0 unspecified atom stereocenters. The summed E-state index contributed by atoms with van der Waals surface area (Å²) in [7, 11) is 2.89. The van der Waals surface area contributed by atoms with Gasteiger partial charge in [0, 0.05) is 27.2 Å². The van der Waals surface area contributed by atoms with Crippen molar-refractivity contribution in [2.75, 3.05) is 27.2 Å². The maximum absolute atomic E-state index is 11.4. The second-order valence-electron chi connectivity index (χ2n) is 13.5. The van der Waals surface area contributed by atoms with Gasteiger partial charge in [-0.3, -0.25) is 14.4 Å². The Labute approximate surface area is 260 Å². The SMILES string of the molecule is CC(C)(C)OC(=O)NCC1CCC(C(=O)O)CC1.CC(C)(C)OC(=O)NCC1CCC(C(=O)O)CC1.CN(C)C(=O)C(O)O. The highest BCUT2D eigenvalue weighted by Gasteiger charge is 2.28. The summed E-state index contributed by atoms with van der Waals surface area (Å²) >= 11 is 0. The van der Waals surface area contributed by atoms with Crippen LogP contribution in [0.4, 0.5) is 9.59 Å². The molecule has 3 amide bonds. The highest BCUT2D eigenvalue weighted by Crippen LogP contribution is 2.29. The molecule has 2 saturated carbocycles. The van der Waals surface area contributed by atoms with Gasteiger partial charge in [0.2, 0.25) is 6.29 Å². The number of aliphatic hydroxyl groups is 2. The van der Waals surface area contributed by atoms with E-state index in [1.165, 1.54) is 14.1 Å². The highest BCUT2D eigenvalue weighted by atomic mass is 16.6. The lowest BCUT2D eigenvalue weighted by Crippen LogP contribution is -2.36. The molecule has 44 heavy (non-hydrogen) atoms. The summed E-state index contributed by atoms with van der Waals surface area (Å²) in [6.45, 7) is 12.1. The highest BCUT2D eigenvalue weighted by molar-refractivity contribution is 5.78. The number of carboxylic acids is 2. The van der Waals surface area contributed by atoms with Gasteiger partial charge < -0.3 is 45.4 Å². The van der Waals surface area contributed by atoms with Crippen LogP contribution in [0.5, 0.6) is 0 Å². The van der Waals surface area contributed by atoms with Gasteiger partial charge in [-0.15, -0.1) is 0 Å². The average Bonchev–Trinajstić information content (AvgIpc) is 2.89. The number of aliphatic hydroxyl groups excluding tert-OH is 1. The van der Waals surface area contributed by atoms with Crippen LogP contribution in [0, 0.1) is 23.7 Å². The molecule has 256 valence electrons. The molecule has 2 rings (SSSR count). The lowest BCUT2D eigenvalue weighted by molar-refractivity contribution is -0.156. The van der Waals surface area contributed by atoms with Gasteiger partial charge in [0.05, 0.1) is 11.8 Å². The molecule has 14 heteroatoms. The fourth-order valence-corrected chi connectivity index (χ4v) is 4.54. The van der Waals surface area contributed by atoms with E-state index >= 15 is 0 Å². The number of rotatable bonds is 7. The van der Waals surface area contributed by atoms with Crippen LogP contribution in [-0.4, -0.2) is 100 Å². The second-order valence-corrected chi connectivity index (χ2v) is 13.5. The first-order chi connectivity index (χ1) is 20.1. The van der Waals surface area contributed by atoms with Gasteiger partial charge in [0.25, 0.3) is 5.91 Å². The van der Waals surface area contributed by atoms with E-state index in [-0.39, 0.29) is 11.8 Å². The van der Waals surface area contributed by atoms with E-state index in [0.717, 1.165) is 30.6 Å². The Morgan fingerprint density at radius 2 is 0.955 bits per heavy atom. The van der Waals surface area contributed by atoms with E-state index < -0.39 is 47.5 Å². The van der Waals surface area contributed by atoms with Crippen molar-refractivity contribution in [3.05, 3.63) is 0 Å². The summed E-state index contributed by atoms with van der Waals surface area (Å²) < 4.78 is 10.3. The lowest BCUT2D eigenvalue weighted by Gasteiger charge is -2.27. The van der Waals surface area contributed by atoms with Gasteiger partial charge in [-0.2, -0.15) is 0 Å². The molecule has 0 saturated heterocycles. The molecule has 0 heterocycles. The average molecular weight is 634 g/mol. The van der Waals surface area contributed by atoms with Crippen LogP contribution in [0.2, 0.25) is 0 Å². The van der Waals surface area contributed by atoms with Crippen LogP contribution < -0.4 is 10.6 Å². The first kappa shape index (κ1) is 40.9. The third kappa shape index (κ3) is 19.9. The van der Waals surface area contributed by atoms with Crippen molar-refractivity contribution in [2.45, 2.75) is 110 Å². The predicted octanol–water partition coefficient (Wildman–Crippen LogP) is 3.19. The van der Waals surface area contributed by atoms with Gasteiger partial charge in [0.15, 0.2) is 0 Å². The first-order valence-corrected chi connectivity index (χ1v) is 15.1. The number of hydrogen-bond acceptors (Lipinski definition) is 9. The number of amides is 3. The summed E-state index contributed by atoms with van der Waals surface area (Å²) in [5.41, 5.74) is -0.962. The first-order valence-electron chi connectivity index (χ1n) is 15.1. The number of alkyl carbamates (subject to hydrolysis) is 2. The third-order valence-corrected chi connectivity index (χ3v) is 6.92. The normalized spacial score (nSPS) is 21.7. The van der Waals surface area contributed by atoms with E-state index in [4.69, 9.17) is 29.9 Å². The molecule has 2 aliphatic carbocycles. The summed E-state index contributed by atoms with van der Waals surface area (Å²) in [5.74, 6) is -1.78. The standard InChI is InChI=1S/2C13H23NO4.C4H9NO3/c2*1-13(2,3)18-12(17)14-8-9-4-6-10(7-5-9)11(15)16;1-5(2)3(6)4(7)8/h2*9-10H,4-8H2,1-3H3,(H,14,17)(H,15,16);4,7-8H,1-2H3. The van der Waals surface area contributed by atoms with E-state index in [0.29, 0.717) is 50.6 Å². The van der Waals surface area contributed by atoms with Crippen molar-refractivity contribution in [1.29, 1.82) is 0 Å². The Morgan fingerprint density at radius 1 is 0.659 bits per heavy atom. The molecule has 0 spiro atoms. The number of nitrogens with zero attached hydrogens (tertiary/aromatic N) is 1. The van der Waals surface area contributed by atoms with E-state index in [9.17, 15) is 24.0 Å². The predicted molar refractivity (Wildman–Crippen MR) is 162 cm³/mol. The lowest BCUT2D eigenvalue weighted by atomic mass is 9.82. The molecule has 14 nitrogen and oxygen atoms in total. The zero-order valence-electron chi connectivity index (χ0n) is 27.6. The molecule has 2 aliphatic rings. The number of hydrogen-bond donors (Lipinski definition) is 6. The quantitative estimate of drug-likeness (QED) is 0.224. The van der Waals surface area contributed by atoms with Crippen molar-refractivity contribution < 1.29 is 53.9 Å². The minimum atomic E-state index is -1.87. The molecule has 0 aromatic rings. The molecule has 0 aromatic heterocycles. The smallest absolute Gasteiger partial charge is 0.407 e. The molecule has 0 aromatic carbocycles. The second kappa shape index (κ2) is 19.3. The number of likely N-dealkylation sites (N-methyl/N-ethyl adjacent to an activating group) is 1. The largest absolute Gasteiger partial charge is 0.481 e. The van der Waals surface area contributed by atoms with E-state index in [1.54, 1.807) is 0 Å². The summed E-state index contributed by atoms with van der Waals surface area (Å²) in [6, 6.07) is 0. The van der Waals surface area contributed by atoms with Crippen molar-refractivity contribution in [3.63, 3.8) is 0 Å². The minimum Gasteiger partial charge on any atom is -0.481 e. The Bertz CT molecular complexity index is 838. The van der Waals surface area contributed by atoms with Crippen LogP contribution in [0.3, 0.4) is 0 Å². The van der Waals surface area contributed by atoms with E-state index in [1.807, 2.05) is 41.5 Å². The van der Waals surface area contributed by atoms with Crippen molar-refractivity contribution in [1.82, 2.24) is 15.5 Å². The zero-order chi connectivity index (χ0) is 34.3. The van der Waals surface area contributed by atoms with Gasteiger partial charge in [-0.05, 0) is 105 Å². The molecule has 0 atom stereocenters. The molecular weight excluding hydrogens is 578 g/mol. The molecule has 0 radical (unpaired) electrons. The Kier molecular flexibility index (Phi) is 17.9. The van der Waals surface area contributed by atoms with Gasteiger partial charge >= 0.3 is 24.1 Å². The van der Waals surface area contributed by atoms with Gasteiger partial charge in [-0.1, -0.05) is 0 Å². The van der Waals surface area contributed by atoms with Crippen LogP contribution in [0.25, 0.3) is 0 Å². The van der Waals surface area contributed by atoms with Gasteiger partial charge in [0.1, 0.15) is 11.2 Å². The number of nitrogens with one attached hydrogen (secondary N) is 2. The molecule has 0 bridgehead atoms. The topological polar surface area (TPSA) is 212 Å². The minimum absolute atomic E-state index is 0.206. The number of aliphatic carboxylic acids is 2. The fourth-order valence-electron chi connectivity index (χ4n) is 4.54. The Morgan fingerprint density at radius 3 is 1.14 bits per heavy atom. The zero-order valence-corrected chi connectivity index (χ0v) is 27.6. The molecule has 0 aliphatic heterocycles. The van der Waals surface area contributed by atoms with Crippen LogP contribution >= 0.6 is 0 Å². The summed E-state index contributed by atoms with van der Waals surface area (Å²) in [6.07, 6.45) is 3.56. The number of ether oxygens (including phenoxy) is 2. The van der Waals surface area contributed by atoms with Crippen molar-refractivity contribution >= 4 is 30.0 Å². The number of carbonyl (C=O) groups is 5. The Hall–Kier alpha value is -3.13. The van der Waals surface area contributed by atoms with Crippen molar-refractivity contribution in [2.24, 2.45) is 23.7 Å². The Balaban J connectivity index is 0.000000679. The number of carboxylic acid groups (broad SMARTS) is 2. The number of carbonyl (C=O) groups excluding carboxylic acids is 3. The van der Waals surface area contributed by atoms with E-state index in [2.05, 4.69) is 10.6 Å².